The summed E-state index contributed by atoms with van der Waals surface area (Å²) in [6.07, 6.45) is 0.511. The van der Waals surface area contributed by atoms with Crippen molar-refractivity contribution in [2.45, 2.75) is 13.0 Å². The molecule has 0 fully saturated rings. The number of carbonyl (C=O) groups is 1. The molecule has 0 saturated heterocycles. The zero-order valence-corrected chi connectivity index (χ0v) is 20.4. The first-order valence-electron chi connectivity index (χ1n) is 9.85. The summed E-state index contributed by atoms with van der Waals surface area (Å²) < 4.78 is 7.85. The highest BCUT2D eigenvalue weighted by atomic mass is 79.9. The summed E-state index contributed by atoms with van der Waals surface area (Å²) in [4.78, 5) is 29.0. The van der Waals surface area contributed by atoms with Crippen LogP contribution < -0.4 is 10.3 Å². The average Bonchev–Trinajstić information content (AvgIpc) is 2.81. The number of halogens is 2. The van der Waals surface area contributed by atoms with Crippen LogP contribution in [-0.4, -0.2) is 33.1 Å². The molecule has 1 N–H and O–H groups in total. The van der Waals surface area contributed by atoms with Gasteiger partial charge in [0.25, 0.3) is 5.56 Å². The van der Waals surface area contributed by atoms with Gasteiger partial charge in [0.15, 0.2) is 11.9 Å². The van der Waals surface area contributed by atoms with Crippen molar-refractivity contribution in [3.63, 3.8) is 0 Å². The van der Waals surface area contributed by atoms with Crippen LogP contribution >= 0.6 is 31.9 Å². The van der Waals surface area contributed by atoms with Gasteiger partial charge in [0.05, 0.1) is 26.1 Å². The zero-order valence-electron chi connectivity index (χ0n) is 17.3. The minimum Gasteiger partial charge on any atom is -0.479 e. The van der Waals surface area contributed by atoms with Crippen LogP contribution in [0.5, 0.6) is 5.75 Å². The Hall–Kier alpha value is -3.30. The number of carboxylic acids is 1. The van der Waals surface area contributed by atoms with Gasteiger partial charge < -0.3 is 9.84 Å². The van der Waals surface area contributed by atoms with Crippen LogP contribution in [-0.2, 0) is 4.79 Å². The van der Waals surface area contributed by atoms with E-state index < -0.39 is 12.1 Å². The van der Waals surface area contributed by atoms with Crippen molar-refractivity contribution in [3.05, 3.63) is 91.6 Å². The molecular weight excluding hydrogens is 554 g/mol. The molecule has 9 heteroatoms. The summed E-state index contributed by atoms with van der Waals surface area (Å²) in [7, 11) is 0. The molecule has 0 radical (unpaired) electrons. The number of nitrogens with zero attached hydrogens (tertiary/aromatic N) is 3. The van der Waals surface area contributed by atoms with Crippen LogP contribution in [0.25, 0.3) is 22.3 Å². The molecular formula is C24H17Br2N3O4. The largest absolute Gasteiger partial charge is 0.479 e. The smallest absolute Gasteiger partial charge is 0.344 e. The van der Waals surface area contributed by atoms with E-state index in [-0.39, 0.29) is 5.56 Å². The SMILES string of the molecule is C[C@H](Oc1c(Br)cc(C=Nn2c(-c3ccccc3)nc3ccccc3c2=O)cc1Br)C(=O)O. The normalized spacial score (nSPS) is 12.2. The molecule has 3 aromatic carbocycles. The van der Waals surface area contributed by atoms with Crippen LogP contribution in [0.15, 0.2) is 85.6 Å². The fourth-order valence-corrected chi connectivity index (χ4v) is 4.53. The molecule has 0 unspecified atom stereocenters. The van der Waals surface area contributed by atoms with Gasteiger partial charge in [0.1, 0.15) is 5.75 Å². The van der Waals surface area contributed by atoms with Crippen LogP contribution in [0.3, 0.4) is 0 Å². The van der Waals surface area contributed by atoms with E-state index in [4.69, 9.17) is 9.84 Å². The molecule has 7 nitrogen and oxygen atoms in total. The summed E-state index contributed by atoms with van der Waals surface area (Å²) in [6.45, 7) is 1.45. The lowest BCUT2D eigenvalue weighted by Crippen LogP contribution is -2.23. The van der Waals surface area contributed by atoms with Gasteiger partial charge in [-0.15, -0.1) is 0 Å². The van der Waals surface area contributed by atoms with Crippen molar-refractivity contribution in [1.82, 2.24) is 9.66 Å². The van der Waals surface area contributed by atoms with Crippen molar-refractivity contribution in [1.29, 1.82) is 0 Å². The van der Waals surface area contributed by atoms with E-state index in [2.05, 4.69) is 41.9 Å². The minimum absolute atomic E-state index is 0.288. The Labute approximate surface area is 205 Å². The van der Waals surface area contributed by atoms with Crippen LogP contribution in [0.2, 0.25) is 0 Å². The highest BCUT2D eigenvalue weighted by molar-refractivity contribution is 9.11. The molecule has 0 aliphatic carbocycles. The Balaban J connectivity index is 1.79. The molecule has 33 heavy (non-hydrogen) atoms. The molecule has 4 aromatic rings. The number of aliphatic carboxylic acids is 1. The molecule has 1 heterocycles. The quantitative estimate of drug-likeness (QED) is 0.317. The van der Waals surface area contributed by atoms with Gasteiger partial charge in [-0.1, -0.05) is 42.5 Å². The second-order valence-corrected chi connectivity index (χ2v) is 8.80. The third-order valence-corrected chi connectivity index (χ3v) is 5.95. The first kappa shape index (κ1) is 22.9. The van der Waals surface area contributed by atoms with E-state index in [1.807, 2.05) is 36.4 Å². The fraction of sp³-hybridized carbons (Fsp3) is 0.0833. The third kappa shape index (κ3) is 4.89. The number of hydrogen-bond acceptors (Lipinski definition) is 5. The monoisotopic (exact) mass is 569 g/mol. The highest BCUT2D eigenvalue weighted by Gasteiger charge is 2.17. The predicted molar refractivity (Wildman–Crippen MR) is 134 cm³/mol. The summed E-state index contributed by atoms with van der Waals surface area (Å²) >= 11 is 6.82. The number of para-hydroxylation sites is 1. The minimum atomic E-state index is -1.07. The molecule has 1 aromatic heterocycles. The standard InChI is InChI=1S/C24H17Br2N3O4/c1-14(24(31)32)33-21-18(25)11-15(12-19(21)26)13-27-29-22(16-7-3-2-4-8-16)28-20-10-6-5-9-17(20)23(29)30/h2-14H,1H3,(H,31,32)/t14-/m0/s1. The van der Waals surface area contributed by atoms with Crippen molar-refractivity contribution in [2.75, 3.05) is 0 Å². The number of carboxylic acid groups (broad SMARTS) is 1. The molecule has 0 aliphatic rings. The molecule has 0 bridgehead atoms. The summed E-state index contributed by atoms with van der Waals surface area (Å²) in [6, 6.07) is 19.9. The molecule has 1 atom stereocenters. The first-order valence-corrected chi connectivity index (χ1v) is 11.4. The van der Waals surface area contributed by atoms with Gasteiger partial charge in [-0.25, -0.2) is 9.78 Å². The number of fused-ring (bicyclic) bond motifs is 1. The Morgan fingerprint density at radius 2 is 1.73 bits per heavy atom. The zero-order chi connectivity index (χ0) is 23.5. The Morgan fingerprint density at radius 3 is 2.39 bits per heavy atom. The maximum absolute atomic E-state index is 13.2. The van der Waals surface area contributed by atoms with Gasteiger partial charge in [-0.05, 0) is 68.6 Å². The lowest BCUT2D eigenvalue weighted by molar-refractivity contribution is -0.144. The lowest BCUT2D eigenvalue weighted by atomic mass is 10.2. The van der Waals surface area contributed by atoms with E-state index in [0.29, 0.717) is 37.0 Å². The van der Waals surface area contributed by atoms with Crippen molar-refractivity contribution >= 4 is 54.9 Å². The number of aromatic nitrogens is 2. The average molecular weight is 571 g/mol. The molecule has 0 spiro atoms. The number of rotatable bonds is 6. The molecule has 0 amide bonds. The number of ether oxygens (including phenoxy) is 1. The van der Waals surface area contributed by atoms with E-state index >= 15 is 0 Å². The van der Waals surface area contributed by atoms with Crippen LogP contribution in [0.1, 0.15) is 12.5 Å². The fourth-order valence-electron chi connectivity index (χ4n) is 3.12. The Morgan fingerprint density at radius 1 is 1.09 bits per heavy atom. The van der Waals surface area contributed by atoms with Gasteiger partial charge in [-0.2, -0.15) is 9.78 Å². The summed E-state index contributed by atoms with van der Waals surface area (Å²) in [5, 5.41) is 14.0. The maximum atomic E-state index is 13.2. The van der Waals surface area contributed by atoms with E-state index in [1.165, 1.54) is 17.8 Å². The first-order chi connectivity index (χ1) is 15.8. The number of benzene rings is 3. The molecule has 166 valence electrons. The second-order valence-electron chi connectivity index (χ2n) is 7.09. The van der Waals surface area contributed by atoms with E-state index in [0.717, 1.165) is 5.56 Å². The predicted octanol–water partition coefficient (Wildman–Crippen LogP) is 5.32. The van der Waals surface area contributed by atoms with Gasteiger partial charge in [0, 0.05) is 5.56 Å². The van der Waals surface area contributed by atoms with E-state index in [9.17, 15) is 9.59 Å². The Kier molecular flexibility index (Phi) is 6.71. The van der Waals surface area contributed by atoms with Gasteiger partial charge in [-0.3, -0.25) is 4.79 Å². The Bertz CT molecular complexity index is 1410. The third-order valence-electron chi connectivity index (χ3n) is 4.77. The molecule has 0 saturated carbocycles. The van der Waals surface area contributed by atoms with Crippen molar-refractivity contribution < 1.29 is 14.6 Å². The molecule has 0 aliphatic heterocycles. The highest BCUT2D eigenvalue weighted by Crippen LogP contribution is 2.35. The lowest BCUT2D eigenvalue weighted by Gasteiger charge is -2.14. The van der Waals surface area contributed by atoms with Gasteiger partial charge in [0.2, 0.25) is 0 Å². The van der Waals surface area contributed by atoms with Crippen molar-refractivity contribution in [3.8, 4) is 17.1 Å². The van der Waals surface area contributed by atoms with Crippen molar-refractivity contribution in [2.24, 2.45) is 5.10 Å². The summed E-state index contributed by atoms with van der Waals surface area (Å²) in [5.41, 5.74) is 1.71. The number of hydrogen-bond donors (Lipinski definition) is 1. The second kappa shape index (κ2) is 9.68. The van der Waals surface area contributed by atoms with Crippen LogP contribution in [0.4, 0.5) is 0 Å². The van der Waals surface area contributed by atoms with Crippen LogP contribution in [0, 0.1) is 0 Å². The van der Waals surface area contributed by atoms with Gasteiger partial charge >= 0.3 is 5.97 Å². The molecule has 4 rings (SSSR count). The summed E-state index contributed by atoms with van der Waals surface area (Å²) in [5.74, 6) is -0.295. The maximum Gasteiger partial charge on any atom is 0.344 e. The van der Waals surface area contributed by atoms with E-state index in [1.54, 1.807) is 30.3 Å². The topological polar surface area (TPSA) is 93.8 Å².